The van der Waals surface area contributed by atoms with E-state index in [-0.39, 0.29) is 0 Å². The van der Waals surface area contributed by atoms with E-state index in [0.29, 0.717) is 0 Å². The predicted molar refractivity (Wildman–Crippen MR) is 54.9 cm³/mol. The van der Waals surface area contributed by atoms with Gasteiger partial charge in [0.1, 0.15) is 0 Å². The first kappa shape index (κ1) is 9.06. The molecule has 0 fully saturated rings. The monoisotopic (exact) mass is 190 g/mol. The van der Waals surface area contributed by atoms with Crippen LogP contribution in [0.15, 0.2) is 28.9 Å². The van der Waals surface area contributed by atoms with Crippen LogP contribution in [0.5, 0.6) is 0 Å². The van der Waals surface area contributed by atoms with E-state index in [1.165, 1.54) is 0 Å². The molecule has 0 amide bonds. The lowest BCUT2D eigenvalue weighted by Crippen LogP contribution is -1.86. The van der Waals surface area contributed by atoms with Crippen LogP contribution < -0.4 is 0 Å². The molecule has 0 spiro atoms. The highest BCUT2D eigenvalue weighted by Gasteiger charge is 2.07. The van der Waals surface area contributed by atoms with E-state index in [1.54, 1.807) is 6.20 Å². The van der Waals surface area contributed by atoms with Gasteiger partial charge in [-0.2, -0.15) is 0 Å². The summed E-state index contributed by atoms with van der Waals surface area (Å²) in [4.78, 5) is 4.22. The Kier molecular flexibility index (Phi) is 2.39. The van der Waals surface area contributed by atoms with Crippen LogP contribution in [0.1, 0.15) is 19.2 Å². The third kappa shape index (κ3) is 1.58. The molecule has 2 rings (SSSR count). The lowest BCUT2D eigenvalue weighted by molar-refractivity contribution is 0.500. The van der Waals surface area contributed by atoms with Gasteiger partial charge in [-0.15, -0.1) is 0 Å². The molecule has 0 N–H and O–H groups in total. The second-order valence-electron chi connectivity index (χ2n) is 3.37. The Bertz CT molecular complexity index is 414. The van der Waals surface area contributed by atoms with Gasteiger partial charge in [-0.3, -0.25) is 0 Å². The molecule has 0 aliphatic rings. The van der Waals surface area contributed by atoms with Gasteiger partial charge in [0.25, 0.3) is 0 Å². The summed E-state index contributed by atoms with van der Waals surface area (Å²) in [7, 11) is 2.00. The van der Waals surface area contributed by atoms with Crippen LogP contribution in [-0.2, 0) is 13.5 Å². The van der Waals surface area contributed by atoms with Gasteiger partial charge in [0, 0.05) is 19.7 Å². The van der Waals surface area contributed by atoms with Crippen molar-refractivity contribution in [1.82, 2.24) is 9.55 Å². The van der Waals surface area contributed by atoms with Crippen LogP contribution in [0.2, 0.25) is 0 Å². The van der Waals surface area contributed by atoms with E-state index in [9.17, 15) is 0 Å². The van der Waals surface area contributed by atoms with Crippen LogP contribution in [0, 0.1) is 0 Å². The van der Waals surface area contributed by atoms with Crippen molar-refractivity contribution in [2.75, 3.05) is 0 Å². The Morgan fingerprint density at radius 1 is 1.50 bits per heavy atom. The minimum atomic E-state index is 0.823. The molecule has 3 nitrogen and oxygen atoms in total. The number of nitrogens with zero attached hydrogens (tertiary/aromatic N) is 2. The third-order valence-electron chi connectivity index (χ3n) is 2.21. The summed E-state index contributed by atoms with van der Waals surface area (Å²) in [6.45, 7) is 2.12. The highest BCUT2D eigenvalue weighted by molar-refractivity contribution is 5.51. The Morgan fingerprint density at radius 3 is 3.00 bits per heavy atom. The lowest BCUT2D eigenvalue weighted by Gasteiger charge is -1.97. The molecule has 0 saturated carbocycles. The molecule has 0 saturated heterocycles. The zero-order chi connectivity index (χ0) is 9.97. The first-order valence-electron chi connectivity index (χ1n) is 4.87. The molecule has 2 aromatic rings. The molecule has 0 unspecified atom stereocenters. The first-order valence-corrected chi connectivity index (χ1v) is 4.87. The fourth-order valence-electron chi connectivity index (χ4n) is 1.48. The van der Waals surface area contributed by atoms with E-state index in [1.807, 2.05) is 29.9 Å². The maximum Gasteiger partial charge on any atom is 0.194 e. The highest BCUT2D eigenvalue weighted by Crippen LogP contribution is 2.20. The highest BCUT2D eigenvalue weighted by atomic mass is 16.4. The van der Waals surface area contributed by atoms with Crippen molar-refractivity contribution in [3.05, 3.63) is 30.4 Å². The fraction of sp³-hybridized carbons (Fsp3) is 0.364. The molecule has 0 atom stereocenters. The van der Waals surface area contributed by atoms with E-state index in [0.717, 1.165) is 30.2 Å². The van der Waals surface area contributed by atoms with E-state index in [2.05, 4.69) is 11.9 Å². The Labute approximate surface area is 83.4 Å². The standard InChI is InChI=1S/C11H14N2O/c1-3-5-11-12-8-10(14-11)9-6-4-7-13(9)2/h4,6-8H,3,5H2,1-2H3. The minimum Gasteiger partial charge on any atom is -0.439 e. The molecule has 0 aromatic carbocycles. The second kappa shape index (κ2) is 3.70. The number of hydrogen-bond acceptors (Lipinski definition) is 2. The van der Waals surface area contributed by atoms with Gasteiger partial charge < -0.3 is 8.98 Å². The maximum absolute atomic E-state index is 5.62. The summed E-state index contributed by atoms with van der Waals surface area (Å²) in [5.74, 6) is 1.67. The van der Waals surface area contributed by atoms with Crippen molar-refractivity contribution >= 4 is 0 Å². The van der Waals surface area contributed by atoms with Gasteiger partial charge in [-0.25, -0.2) is 4.98 Å². The second-order valence-corrected chi connectivity index (χ2v) is 3.37. The number of rotatable bonds is 3. The smallest absolute Gasteiger partial charge is 0.194 e. The van der Waals surface area contributed by atoms with Crippen LogP contribution in [0.25, 0.3) is 11.5 Å². The average molecular weight is 190 g/mol. The van der Waals surface area contributed by atoms with Crippen molar-refractivity contribution in [3.63, 3.8) is 0 Å². The Morgan fingerprint density at radius 2 is 2.36 bits per heavy atom. The molecule has 2 aromatic heterocycles. The van der Waals surface area contributed by atoms with Gasteiger partial charge in [0.15, 0.2) is 11.7 Å². The quantitative estimate of drug-likeness (QED) is 0.745. The Hall–Kier alpha value is -1.51. The van der Waals surface area contributed by atoms with Gasteiger partial charge >= 0.3 is 0 Å². The van der Waals surface area contributed by atoms with Crippen LogP contribution in [-0.4, -0.2) is 9.55 Å². The van der Waals surface area contributed by atoms with E-state index < -0.39 is 0 Å². The van der Waals surface area contributed by atoms with Gasteiger partial charge in [0.05, 0.1) is 11.9 Å². The summed E-state index contributed by atoms with van der Waals surface area (Å²) in [6, 6.07) is 4.02. The zero-order valence-corrected chi connectivity index (χ0v) is 8.53. The Balaban J connectivity index is 2.29. The summed E-state index contributed by atoms with van der Waals surface area (Å²) in [5.41, 5.74) is 1.07. The predicted octanol–water partition coefficient (Wildman–Crippen LogP) is 2.63. The van der Waals surface area contributed by atoms with Crippen LogP contribution in [0.4, 0.5) is 0 Å². The number of hydrogen-bond donors (Lipinski definition) is 0. The number of aryl methyl sites for hydroxylation is 2. The van der Waals surface area contributed by atoms with Crippen molar-refractivity contribution in [2.24, 2.45) is 7.05 Å². The van der Waals surface area contributed by atoms with Crippen molar-refractivity contribution in [2.45, 2.75) is 19.8 Å². The van der Waals surface area contributed by atoms with Crippen LogP contribution >= 0.6 is 0 Å². The molecule has 2 heterocycles. The van der Waals surface area contributed by atoms with E-state index in [4.69, 9.17) is 4.42 Å². The van der Waals surface area contributed by atoms with Crippen molar-refractivity contribution in [1.29, 1.82) is 0 Å². The molecule has 0 bridgehead atoms. The SMILES string of the molecule is CCCc1ncc(-c2cccn2C)o1. The largest absolute Gasteiger partial charge is 0.439 e. The van der Waals surface area contributed by atoms with Crippen LogP contribution in [0.3, 0.4) is 0 Å². The molecule has 0 aliphatic carbocycles. The topological polar surface area (TPSA) is 31.0 Å². The number of aromatic nitrogens is 2. The lowest BCUT2D eigenvalue weighted by atomic mass is 10.3. The summed E-state index contributed by atoms with van der Waals surface area (Å²) in [5, 5.41) is 0. The normalized spacial score (nSPS) is 10.7. The van der Waals surface area contributed by atoms with Gasteiger partial charge in [-0.1, -0.05) is 6.92 Å². The molecular weight excluding hydrogens is 176 g/mol. The first-order chi connectivity index (χ1) is 6.81. The fourth-order valence-corrected chi connectivity index (χ4v) is 1.48. The zero-order valence-electron chi connectivity index (χ0n) is 8.53. The maximum atomic E-state index is 5.62. The molecule has 74 valence electrons. The van der Waals surface area contributed by atoms with Crippen molar-refractivity contribution in [3.8, 4) is 11.5 Å². The molecule has 0 aliphatic heterocycles. The molecule has 0 radical (unpaired) electrons. The van der Waals surface area contributed by atoms with Crippen molar-refractivity contribution < 1.29 is 4.42 Å². The number of oxazole rings is 1. The van der Waals surface area contributed by atoms with E-state index >= 15 is 0 Å². The molecule has 14 heavy (non-hydrogen) atoms. The summed E-state index contributed by atoms with van der Waals surface area (Å²) < 4.78 is 7.64. The van der Waals surface area contributed by atoms with Gasteiger partial charge in [0.2, 0.25) is 0 Å². The minimum absolute atomic E-state index is 0.823. The molecular formula is C11H14N2O. The summed E-state index contributed by atoms with van der Waals surface area (Å²) in [6.07, 6.45) is 5.76. The van der Waals surface area contributed by atoms with Gasteiger partial charge in [-0.05, 0) is 18.6 Å². The summed E-state index contributed by atoms with van der Waals surface area (Å²) >= 11 is 0. The molecule has 3 heteroatoms. The third-order valence-corrected chi connectivity index (χ3v) is 2.21. The average Bonchev–Trinajstić information content (AvgIpc) is 2.74.